The fraction of sp³-hybridized carbons (Fsp3) is 0.269. The third kappa shape index (κ3) is 5.97. The average Bonchev–Trinajstić information content (AvgIpc) is 2.78. The number of rotatable bonds is 8. The summed E-state index contributed by atoms with van der Waals surface area (Å²) < 4.78 is 28.2. The smallest absolute Gasteiger partial charge is 0.264 e. The van der Waals surface area contributed by atoms with E-state index >= 15 is 0 Å². The maximum atomic E-state index is 13.5. The van der Waals surface area contributed by atoms with Crippen molar-refractivity contribution >= 4 is 33.4 Å². The number of hydrogen-bond acceptors (Lipinski definition) is 4. The summed E-state index contributed by atoms with van der Waals surface area (Å²) in [4.78, 5) is 14.1. The number of benzene rings is 3. The largest absolute Gasteiger partial charge is 0.348 e. The standard InChI is InChI=1S/C26H30N2O3S2/c1-18-6-9-22(10-7-18)28(33(30,31)24-13-11-23(32-5)12-14-24)17-26(29)27-21(4)25-15-8-19(2)16-20(25)3/h6-16,21H,17H2,1-5H3,(H,27,29). The summed E-state index contributed by atoms with van der Waals surface area (Å²) in [5, 5.41) is 2.96. The van der Waals surface area contributed by atoms with E-state index in [4.69, 9.17) is 0 Å². The molecule has 3 rings (SSSR count). The Morgan fingerprint density at radius 3 is 2.12 bits per heavy atom. The van der Waals surface area contributed by atoms with Crippen molar-refractivity contribution in [3.05, 3.63) is 89.0 Å². The fourth-order valence-electron chi connectivity index (χ4n) is 3.71. The van der Waals surface area contributed by atoms with Gasteiger partial charge in [-0.2, -0.15) is 0 Å². The van der Waals surface area contributed by atoms with Crippen molar-refractivity contribution in [2.24, 2.45) is 0 Å². The second kappa shape index (κ2) is 10.4. The predicted octanol–water partition coefficient (Wildman–Crippen LogP) is 5.41. The number of carbonyl (C=O) groups excluding carboxylic acids is 1. The molecule has 0 aliphatic rings. The zero-order valence-electron chi connectivity index (χ0n) is 19.6. The Bertz CT molecular complexity index is 1220. The van der Waals surface area contributed by atoms with Gasteiger partial charge >= 0.3 is 0 Å². The predicted molar refractivity (Wildman–Crippen MR) is 136 cm³/mol. The SMILES string of the molecule is CSc1ccc(S(=O)(=O)N(CC(=O)NC(C)c2ccc(C)cc2C)c2ccc(C)cc2)cc1. The first-order valence-corrected chi connectivity index (χ1v) is 13.4. The minimum atomic E-state index is -3.94. The Morgan fingerprint density at radius 1 is 0.939 bits per heavy atom. The molecule has 1 N–H and O–H groups in total. The summed E-state index contributed by atoms with van der Waals surface area (Å²) in [5.74, 6) is -0.368. The molecule has 3 aromatic carbocycles. The highest BCUT2D eigenvalue weighted by molar-refractivity contribution is 7.98. The van der Waals surface area contributed by atoms with Crippen LogP contribution in [0.4, 0.5) is 5.69 Å². The molecule has 33 heavy (non-hydrogen) atoms. The van der Waals surface area contributed by atoms with Crippen LogP contribution in [-0.2, 0) is 14.8 Å². The van der Waals surface area contributed by atoms with Crippen molar-refractivity contribution in [3.63, 3.8) is 0 Å². The summed E-state index contributed by atoms with van der Waals surface area (Å²) in [6, 6.07) is 19.7. The van der Waals surface area contributed by atoms with Crippen LogP contribution in [0.1, 0.15) is 35.2 Å². The third-order valence-corrected chi connectivity index (χ3v) is 8.06. The molecule has 0 fully saturated rings. The van der Waals surface area contributed by atoms with E-state index in [0.29, 0.717) is 5.69 Å². The molecule has 1 amide bonds. The quantitative estimate of drug-likeness (QED) is 0.436. The monoisotopic (exact) mass is 482 g/mol. The Hall–Kier alpha value is -2.77. The second-order valence-corrected chi connectivity index (χ2v) is 10.9. The van der Waals surface area contributed by atoms with E-state index in [0.717, 1.165) is 27.1 Å². The lowest BCUT2D eigenvalue weighted by Gasteiger charge is -2.25. The van der Waals surface area contributed by atoms with Crippen molar-refractivity contribution in [2.75, 3.05) is 17.1 Å². The van der Waals surface area contributed by atoms with Gasteiger partial charge in [0.25, 0.3) is 10.0 Å². The van der Waals surface area contributed by atoms with Gasteiger partial charge in [0.2, 0.25) is 5.91 Å². The minimum Gasteiger partial charge on any atom is -0.348 e. The van der Waals surface area contributed by atoms with Crippen LogP contribution in [0, 0.1) is 20.8 Å². The second-order valence-electron chi connectivity index (χ2n) is 8.17. The van der Waals surface area contributed by atoms with Gasteiger partial charge in [0.1, 0.15) is 6.54 Å². The lowest BCUT2D eigenvalue weighted by atomic mass is 10.0. The van der Waals surface area contributed by atoms with Gasteiger partial charge in [-0.25, -0.2) is 8.42 Å². The maximum absolute atomic E-state index is 13.5. The summed E-state index contributed by atoms with van der Waals surface area (Å²) in [5.41, 5.74) is 4.70. The lowest BCUT2D eigenvalue weighted by Crippen LogP contribution is -2.41. The van der Waals surface area contributed by atoms with E-state index in [1.807, 2.05) is 58.2 Å². The molecule has 1 unspecified atom stereocenters. The van der Waals surface area contributed by atoms with Crippen LogP contribution >= 0.6 is 11.8 Å². The summed E-state index contributed by atoms with van der Waals surface area (Å²) >= 11 is 1.54. The molecule has 0 saturated carbocycles. The first-order chi connectivity index (χ1) is 15.6. The average molecular weight is 483 g/mol. The maximum Gasteiger partial charge on any atom is 0.264 e. The topological polar surface area (TPSA) is 66.5 Å². The molecule has 1 atom stereocenters. The highest BCUT2D eigenvalue weighted by Crippen LogP contribution is 2.26. The fourth-order valence-corrected chi connectivity index (χ4v) is 5.54. The molecule has 3 aromatic rings. The molecule has 0 heterocycles. The zero-order chi connectivity index (χ0) is 24.2. The molecule has 0 bridgehead atoms. The number of nitrogens with one attached hydrogen (secondary N) is 1. The van der Waals surface area contributed by atoms with Gasteiger partial charge < -0.3 is 5.32 Å². The Balaban J connectivity index is 1.89. The van der Waals surface area contributed by atoms with Crippen LogP contribution < -0.4 is 9.62 Å². The van der Waals surface area contributed by atoms with Gasteiger partial charge in [-0.3, -0.25) is 9.10 Å². The molecule has 0 spiro atoms. The lowest BCUT2D eigenvalue weighted by molar-refractivity contribution is -0.120. The molecule has 7 heteroatoms. The molecule has 174 valence electrons. The number of hydrogen-bond donors (Lipinski definition) is 1. The molecule has 0 aromatic heterocycles. The van der Waals surface area contributed by atoms with Gasteiger partial charge in [0.05, 0.1) is 16.6 Å². The number of nitrogens with zero attached hydrogens (tertiary/aromatic N) is 1. The van der Waals surface area contributed by atoms with E-state index in [9.17, 15) is 13.2 Å². The van der Waals surface area contributed by atoms with Crippen LogP contribution in [0.25, 0.3) is 0 Å². The highest BCUT2D eigenvalue weighted by Gasteiger charge is 2.28. The third-order valence-electron chi connectivity index (χ3n) is 5.53. The molecular weight excluding hydrogens is 452 g/mol. The van der Waals surface area contributed by atoms with E-state index < -0.39 is 10.0 Å². The van der Waals surface area contributed by atoms with Crippen molar-refractivity contribution in [1.29, 1.82) is 0 Å². The Morgan fingerprint density at radius 2 is 1.55 bits per heavy atom. The van der Waals surface area contributed by atoms with Crippen molar-refractivity contribution in [2.45, 2.75) is 43.5 Å². The van der Waals surface area contributed by atoms with E-state index in [-0.39, 0.29) is 23.4 Å². The molecule has 0 saturated heterocycles. The molecular formula is C26H30N2O3S2. The number of thioether (sulfide) groups is 1. The zero-order valence-corrected chi connectivity index (χ0v) is 21.3. The molecule has 0 radical (unpaired) electrons. The normalized spacial score (nSPS) is 12.3. The van der Waals surface area contributed by atoms with E-state index in [2.05, 4.69) is 11.4 Å². The summed E-state index contributed by atoms with van der Waals surface area (Å²) in [6.45, 7) is 7.55. The summed E-state index contributed by atoms with van der Waals surface area (Å²) in [7, 11) is -3.94. The van der Waals surface area contributed by atoms with Gasteiger partial charge in [-0.15, -0.1) is 11.8 Å². The van der Waals surface area contributed by atoms with Crippen LogP contribution in [0.3, 0.4) is 0 Å². The first kappa shape index (κ1) is 24.9. The Kier molecular flexibility index (Phi) is 7.87. The number of aryl methyl sites for hydroxylation is 3. The molecule has 0 aliphatic carbocycles. The molecule has 5 nitrogen and oxygen atoms in total. The van der Waals surface area contributed by atoms with Crippen LogP contribution in [0.15, 0.2) is 76.5 Å². The first-order valence-electron chi connectivity index (χ1n) is 10.7. The van der Waals surface area contributed by atoms with Gasteiger partial charge in [-0.1, -0.05) is 41.5 Å². The number of amides is 1. The van der Waals surface area contributed by atoms with Crippen molar-refractivity contribution < 1.29 is 13.2 Å². The van der Waals surface area contributed by atoms with Crippen LogP contribution in [0.5, 0.6) is 0 Å². The number of anilines is 1. The van der Waals surface area contributed by atoms with Gasteiger partial charge in [0.15, 0.2) is 0 Å². The Labute approximate surface area is 201 Å². The van der Waals surface area contributed by atoms with Gasteiger partial charge in [-0.05, 0) is 81.5 Å². The number of carbonyl (C=O) groups is 1. The summed E-state index contributed by atoms with van der Waals surface area (Å²) in [6.07, 6.45) is 1.93. The minimum absolute atomic E-state index is 0.149. The highest BCUT2D eigenvalue weighted by atomic mass is 32.2. The van der Waals surface area contributed by atoms with Crippen molar-refractivity contribution in [3.8, 4) is 0 Å². The van der Waals surface area contributed by atoms with Crippen LogP contribution in [0.2, 0.25) is 0 Å². The van der Waals surface area contributed by atoms with Crippen molar-refractivity contribution in [1.82, 2.24) is 5.32 Å². The van der Waals surface area contributed by atoms with Gasteiger partial charge in [0, 0.05) is 4.90 Å². The van der Waals surface area contributed by atoms with E-state index in [1.165, 1.54) is 16.1 Å². The van der Waals surface area contributed by atoms with E-state index in [1.54, 1.807) is 36.4 Å². The number of sulfonamides is 1. The van der Waals surface area contributed by atoms with Crippen LogP contribution in [-0.4, -0.2) is 27.1 Å². The molecule has 0 aliphatic heterocycles.